The third-order valence-corrected chi connectivity index (χ3v) is 4.29. The summed E-state index contributed by atoms with van der Waals surface area (Å²) in [6.07, 6.45) is 8.91. The summed E-state index contributed by atoms with van der Waals surface area (Å²) in [6.45, 7) is 5.22. The van der Waals surface area contributed by atoms with Crippen molar-refractivity contribution in [2.24, 2.45) is 0 Å². The SMILES string of the molecule is C=C(F)/C=C\C(=C/C)c1sc(C#CCCO)cc1-c1ccncc1. The molecule has 1 N–H and O–H groups in total. The molecule has 2 aromatic heterocycles. The van der Waals surface area contributed by atoms with Crippen molar-refractivity contribution in [3.05, 3.63) is 71.0 Å². The number of halogens is 1. The summed E-state index contributed by atoms with van der Waals surface area (Å²) in [6, 6.07) is 5.88. The van der Waals surface area contributed by atoms with Crippen molar-refractivity contribution in [3.63, 3.8) is 0 Å². The highest BCUT2D eigenvalue weighted by Gasteiger charge is 2.12. The minimum atomic E-state index is -0.487. The summed E-state index contributed by atoms with van der Waals surface area (Å²) in [4.78, 5) is 5.96. The zero-order valence-corrected chi connectivity index (χ0v) is 14.2. The van der Waals surface area contributed by atoms with Gasteiger partial charge >= 0.3 is 0 Å². The largest absolute Gasteiger partial charge is 0.395 e. The van der Waals surface area contributed by atoms with Crippen molar-refractivity contribution >= 4 is 16.9 Å². The van der Waals surface area contributed by atoms with Gasteiger partial charge in [0.05, 0.1) is 11.5 Å². The van der Waals surface area contributed by atoms with Gasteiger partial charge < -0.3 is 5.11 Å². The molecule has 0 radical (unpaired) electrons. The van der Waals surface area contributed by atoms with Crippen LogP contribution in [0.5, 0.6) is 0 Å². The monoisotopic (exact) mass is 339 g/mol. The van der Waals surface area contributed by atoms with E-state index in [1.54, 1.807) is 29.8 Å². The lowest BCUT2D eigenvalue weighted by molar-refractivity contribution is 0.305. The van der Waals surface area contributed by atoms with E-state index >= 15 is 0 Å². The molecule has 2 rings (SSSR count). The summed E-state index contributed by atoms with van der Waals surface area (Å²) in [5.41, 5.74) is 2.96. The molecule has 0 aliphatic carbocycles. The second kappa shape index (κ2) is 8.97. The van der Waals surface area contributed by atoms with E-state index in [4.69, 9.17) is 5.11 Å². The molecular formula is C20H18FNOS. The van der Waals surface area contributed by atoms with Gasteiger partial charge in [0.25, 0.3) is 0 Å². The molecule has 0 fully saturated rings. The number of allylic oxidation sites excluding steroid dienone is 5. The van der Waals surface area contributed by atoms with Crippen molar-refractivity contribution in [3.8, 4) is 23.0 Å². The van der Waals surface area contributed by atoms with Gasteiger partial charge in [0.15, 0.2) is 0 Å². The first-order chi connectivity index (χ1) is 11.7. The van der Waals surface area contributed by atoms with Crippen molar-refractivity contribution in [2.45, 2.75) is 13.3 Å². The molecule has 2 nitrogen and oxygen atoms in total. The van der Waals surface area contributed by atoms with Crippen LogP contribution >= 0.6 is 11.3 Å². The maximum atomic E-state index is 13.0. The lowest BCUT2D eigenvalue weighted by Gasteiger charge is -2.04. The van der Waals surface area contributed by atoms with E-state index < -0.39 is 5.83 Å². The van der Waals surface area contributed by atoms with E-state index in [1.165, 1.54) is 6.08 Å². The molecule has 0 atom stereocenters. The van der Waals surface area contributed by atoms with Gasteiger partial charge in [-0.25, -0.2) is 4.39 Å². The Kier molecular flexibility index (Phi) is 6.68. The van der Waals surface area contributed by atoms with Crippen LogP contribution in [0.4, 0.5) is 4.39 Å². The maximum absolute atomic E-state index is 13.0. The quantitative estimate of drug-likeness (QED) is 0.615. The molecule has 24 heavy (non-hydrogen) atoms. The molecule has 4 heteroatoms. The summed E-state index contributed by atoms with van der Waals surface area (Å²) in [5.74, 6) is 5.52. The number of pyridine rings is 1. The fourth-order valence-electron chi connectivity index (χ4n) is 2.10. The molecule has 0 aromatic carbocycles. The number of hydrogen-bond acceptors (Lipinski definition) is 3. The van der Waals surface area contributed by atoms with Crippen LogP contribution < -0.4 is 0 Å². The Morgan fingerprint density at radius 1 is 1.38 bits per heavy atom. The molecule has 122 valence electrons. The third kappa shape index (κ3) is 4.76. The normalized spacial score (nSPS) is 11.4. The fraction of sp³-hybridized carbons (Fsp3) is 0.150. The van der Waals surface area contributed by atoms with E-state index in [0.717, 1.165) is 26.5 Å². The highest BCUT2D eigenvalue weighted by molar-refractivity contribution is 7.14. The van der Waals surface area contributed by atoms with Crippen molar-refractivity contribution in [1.82, 2.24) is 4.98 Å². The second-order valence-corrected chi connectivity index (χ2v) is 5.94. The van der Waals surface area contributed by atoms with Crippen molar-refractivity contribution < 1.29 is 9.50 Å². The van der Waals surface area contributed by atoms with Gasteiger partial charge in [-0.05, 0) is 42.3 Å². The summed E-state index contributed by atoms with van der Waals surface area (Å²) < 4.78 is 13.0. The van der Waals surface area contributed by atoms with Crippen LogP contribution in [0.15, 0.2) is 61.2 Å². The lowest BCUT2D eigenvalue weighted by atomic mass is 10.0. The number of aliphatic hydroxyl groups is 1. The van der Waals surface area contributed by atoms with Gasteiger partial charge in [0.1, 0.15) is 5.83 Å². The molecule has 0 aliphatic heterocycles. The summed E-state index contributed by atoms with van der Waals surface area (Å²) >= 11 is 1.54. The zero-order chi connectivity index (χ0) is 17.4. The van der Waals surface area contributed by atoms with Crippen LogP contribution in [0, 0.1) is 11.8 Å². The molecule has 2 heterocycles. The standard InChI is InChI=1S/C20H18FNOS/c1-3-16(8-7-15(2)21)20-19(17-9-11-22-12-10-17)14-18(24-20)6-4-5-13-23/h3,7-12,14,23H,2,5,13H2,1H3/b8-7-,16-3+. The highest BCUT2D eigenvalue weighted by atomic mass is 32.1. The fourth-order valence-corrected chi connectivity index (χ4v) is 3.21. The Hall–Kier alpha value is -2.48. The number of nitrogens with zero attached hydrogens (tertiary/aromatic N) is 1. The van der Waals surface area contributed by atoms with Crippen LogP contribution in [0.2, 0.25) is 0 Å². The van der Waals surface area contributed by atoms with Crippen LogP contribution in [-0.4, -0.2) is 16.7 Å². The van der Waals surface area contributed by atoms with Crippen LogP contribution in [0.25, 0.3) is 16.7 Å². The smallest absolute Gasteiger partial charge is 0.116 e. The van der Waals surface area contributed by atoms with E-state index in [1.807, 2.05) is 31.2 Å². The highest BCUT2D eigenvalue weighted by Crippen LogP contribution is 2.36. The first kappa shape index (κ1) is 17.9. The Labute approximate surface area is 145 Å². The molecule has 0 bridgehead atoms. The Morgan fingerprint density at radius 2 is 2.12 bits per heavy atom. The number of aromatic nitrogens is 1. The first-order valence-corrected chi connectivity index (χ1v) is 8.30. The Balaban J connectivity index is 2.52. The van der Waals surface area contributed by atoms with Gasteiger partial charge in [0, 0.05) is 29.3 Å². The molecule has 0 saturated heterocycles. The van der Waals surface area contributed by atoms with Gasteiger partial charge in [-0.2, -0.15) is 0 Å². The molecule has 0 spiro atoms. The van der Waals surface area contributed by atoms with Gasteiger partial charge in [-0.1, -0.05) is 30.6 Å². The average Bonchev–Trinajstić information content (AvgIpc) is 3.00. The van der Waals surface area contributed by atoms with Crippen molar-refractivity contribution in [2.75, 3.05) is 6.61 Å². The topological polar surface area (TPSA) is 33.1 Å². The Bertz CT molecular complexity index is 822. The number of hydrogen-bond donors (Lipinski definition) is 1. The first-order valence-electron chi connectivity index (χ1n) is 7.49. The molecule has 2 aromatic rings. The average molecular weight is 339 g/mol. The number of aliphatic hydroxyl groups excluding tert-OH is 1. The predicted molar refractivity (Wildman–Crippen MR) is 99.2 cm³/mol. The van der Waals surface area contributed by atoms with Crippen LogP contribution in [0.1, 0.15) is 23.1 Å². The van der Waals surface area contributed by atoms with Gasteiger partial charge in [-0.15, -0.1) is 11.3 Å². The molecule has 0 unspecified atom stereocenters. The van der Waals surface area contributed by atoms with E-state index in [9.17, 15) is 4.39 Å². The third-order valence-electron chi connectivity index (χ3n) is 3.19. The van der Waals surface area contributed by atoms with Crippen molar-refractivity contribution in [1.29, 1.82) is 0 Å². The maximum Gasteiger partial charge on any atom is 0.116 e. The Morgan fingerprint density at radius 3 is 2.75 bits per heavy atom. The zero-order valence-electron chi connectivity index (χ0n) is 13.4. The van der Waals surface area contributed by atoms with E-state index in [-0.39, 0.29) is 6.61 Å². The minimum Gasteiger partial charge on any atom is -0.395 e. The molecular weight excluding hydrogens is 321 g/mol. The lowest BCUT2D eigenvalue weighted by Crippen LogP contribution is -1.82. The second-order valence-electron chi connectivity index (χ2n) is 4.89. The van der Waals surface area contributed by atoms with E-state index in [2.05, 4.69) is 23.4 Å². The summed E-state index contributed by atoms with van der Waals surface area (Å²) in [5, 5.41) is 8.86. The predicted octanol–water partition coefficient (Wildman–Crippen LogP) is 4.99. The summed E-state index contributed by atoms with van der Waals surface area (Å²) in [7, 11) is 0. The molecule has 0 amide bonds. The van der Waals surface area contributed by atoms with Crippen LogP contribution in [-0.2, 0) is 0 Å². The van der Waals surface area contributed by atoms with Crippen LogP contribution in [0.3, 0.4) is 0 Å². The molecule has 0 saturated carbocycles. The van der Waals surface area contributed by atoms with Gasteiger partial charge in [-0.3, -0.25) is 4.98 Å². The van der Waals surface area contributed by atoms with Gasteiger partial charge in [0.2, 0.25) is 0 Å². The number of rotatable bonds is 5. The van der Waals surface area contributed by atoms with E-state index in [0.29, 0.717) is 6.42 Å². The number of thiophene rings is 1. The molecule has 0 aliphatic rings. The minimum absolute atomic E-state index is 0.0455.